The summed E-state index contributed by atoms with van der Waals surface area (Å²) in [6.45, 7) is 1.90. The van der Waals surface area contributed by atoms with Crippen LogP contribution in [0.4, 0.5) is 5.69 Å². The zero-order valence-corrected chi connectivity index (χ0v) is 10.9. The Labute approximate surface area is 110 Å². The second-order valence-corrected chi connectivity index (χ2v) is 4.66. The number of aliphatic hydroxyl groups is 1. The maximum absolute atomic E-state index is 11.8. The van der Waals surface area contributed by atoms with Crippen molar-refractivity contribution in [1.82, 2.24) is 14.8 Å². The lowest BCUT2D eigenvalue weighted by molar-refractivity contribution is 0.265. The van der Waals surface area contributed by atoms with Gasteiger partial charge < -0.3 is 10.5 Å². The molecule has 0 aliphatic carbocycles. The minimum absolute atomic E-state index is 0.115. The first kappa shape index (κ1) is 13.3. The largest absolute Gasteiger partial charge is 0.394 e. The van der Waals surface area contributed by atoms with Gasteiger partial charge in [0.25, 0.3) is 5.56 Å². The molecule has 2 heterocycles. The Morgan fingerprint density at radius 3 is 2.78 bits per heavy atom. The van der Waals surface area contributed by atoms with Crippen molar-refractivity contribution >= 4 is 17.3 Å². The molecule has 0 unspecified atom stereocenters. The molecule has 6 nitrogen and oxygen atoms in total. The van der Waals surface area contributed by atoms with Crippen LogP contribution >= 0.6 is 11.6 Å². The molecule has 0 atom stereocenters. The topological polar surface area (TPSA) is 70.4 Å². The van der Waals surface area contributed by atoms with Gasteiger partial charge in [0, 0.05) is 13.1 Å². The molecule has 2 rings (SSSR count). The van der Waals surface area contributed by atoms with E-state index in [-0.39, 0.29) is 23.7 Å². The van der Waals surface area contributed by atoms with E-state index in [4.69, 9.17) is 16.7 Å². The van der Waals surface area contributed by atoms with Gasteiger partial charge in [-0.05, 0) is 12.8 Å². The molecule has 0 radical (unpaired) electrons. The highest BCUT2D eigenvalue weighted by Gasteiger charge is 2.14. The molecule has 1 fully saturated rings. The van der Waals surface area contributed by atoms with E-state index in [0.29, 0.717) is 5.69 Å². The van der Waals surface area contributed by atoms with Crippen LogP contribution in [0.1, 0.15) is 19.3 Å². The Bertz CT molecular complexity index is 457. The first-order valence-electron chi connectivity index (χ1n) is 6.10. The summed E-state index contributed by atoms with van der Waals surface area (Å²) in [6.07, 6.45) is 5.04. The summed E-state index contributed by atoms with van der Waals surface area (Å²) in [5.74, 6) is 0. The van der Waals surface area contributed by atoms with Gasteiger partial charge in [0.1, 0.15) is 5.02 Å². The Hall–Kier alpha value is -1.11. The minimum atomic E-state index is -0.382. The molecule has 0 aromatic carbocycles. The van der Waals surface area contributed by atoms with E-state index in [1.807, 2.05) is 5.01 Å². The van der Waals surface area contributed by atoms with Gasteiger partial charge in [-0.1, -0.05) is 18.0 Å². The van der Waals surface area contributed by atoms with Gasteiger partial charge in [-0.2, -0.15) is 5.10 Å². The summed E-state index contributed by atoms with van der Waals surface area (Å²) in [5.41, 5.74) is 3.27. The molecule has 1 aliphatic rings. The number of nitrogens with one attached hydrogen (secondary N) is 1. The first-order chi connectivity index (χ1) is 8.72. The van der Waals surface area contributed by atoms with Crippen molar-refractivity contribution in [1.29, 1.82) is 0 Å². The van der Waals surface area contributed by atoms with Crippen molar-refractivity contribution in [2.45, 2.75) is 25.8 Å². The monoisotopic (exact) mass is 272 g/mol. The van der Waals surface area contributed by atoms with E-state index >= 15 is 0 Å². The number of halogens is 1. The van der Waals surface area contributed by atoms with Crippen LogP contribution in [0.25, 0.3) is 0 Å². The fourth-order valence-electron chi connectivity index (χ4n) is 1.97. The third-order valence-electron chi connectivity index (χ3n) is 2.93. The number of piperidine rings is 1. The number of anilines is 1. The summed E-state index contributed by atoms with van der Waals surface area (Å²) in [5, 5.41) is 14.9. The molecule has 0 saturated carbocycles. The highest BCUT2D eigenvalue weighted by Crippen LogP contribution is 2.18. The van der Waals surface area contributed by atoms with E-state index in [2.05, 4.69) is 10.5 Å². The lowest BCUT2D eigenvalue weighted by Crippen LogP contribution is -2.36. The van der Waals surface area contributed by atoms with Crippen LogP contribution in [0.5, 0.6) is 0 Å². The average Bonchev–Trinajstić information content (AvgIpc) is 2.40. The number of aromatic nitrogens is 2. The van der Waals surface area contributed by atoms with E-state index in [9.17, 15) is 4.79 Å². The van der Waals surface area contributed by atoms with E-state index in [1.54, 1.807) is 0 Å². The van der Waals surface area contributed by atoms with Crippen molar-refractivity contribution in [2.75, 3.05) is 25.1 Å². The lowest BCUT2D eigenvalue weighted by Gasteiger charge is -2.28. The maximum Gasteiger partial charge on any atom is 0.287 e. The van der Waals surface area contributed by atoms with Crippen LogP contribution in [-0.4, -0.2) is 39.6 Å². The molecule has 1 aliphatic heterocycles. The second-order valence-electron chi connectivity index (χ2n) is 4.28. The minimum Gasteiger partial charge on any atom is -0.394 e. The Balaban J connectivity index is 2.13. The molecular formula is C11H17ClN4O2. The number of hydrazine groups is 1. The van der Waals surface area contributed by atoms with Crippen LogP contribution < -0.4 is 11.0 Å². The smallest absolute Gasteiger partial charge is 0.287 e. The highest BCUT2D eigenvalue weighted by molar-refractivity contribution is 6.32. The predicted molar refractivity (Wildman–Crippen MR) is 69.6 cm³/mol. The lowest BCUT2D eigenvalue weighted by atomic mass is 10.2. The van der Waals surface area contributed by atoms with Gasteiger partial charge in [0.15, 0.2) is 0 Å². The van der Waals surface area contributed by atoms with Crippen LogP contribution in [0, 0.1) is 0 Å². The molecule has 0 spiro atoms. The summed E-state index contributed by atoms with van der Waals surface area (Å²) in [6, 6.07) is 0. The third-order valence-corrected chi connectivity index (χ3v) is 3.30. The number of rotatable bonds is 4. The summed E-state index contributed by atoms with van der Waals surface area (Å²) < 4.78 is 1.16. The quantitative estimate of drug-likeness (QED) is 0.844. The van der Waals surface area contributed by atoms with Crippen LogP contribution in [0.3, 0.4) is 0 Å². The average molecular weight is 273 g/mol. The van der Waals surface area contributed by atoms with Gasteiger partial charge in [0.2, 0.25) is 0 Å². The molecule has 100 valence electrons. The third kappa shape index (κ3) is 3.01. The molecule has 7 heteroatoms. The SMILES string of the molecule is O=c1c(Cl)c(NN2CCCCC2)cnn1CCO. The zero-order valence-electron chi connectivity index (χ0n) is 10.1. The summed E-state index contributed by atoms with van der Waals surface area (Å²) in [4.78, 5) is 11.8. The molecule has 0 amide bonds. The zero-order chi connectivity index (χ0) is 13.0. The second kappa shape index (κ2) is 6.17. The number of nitrogens with zero attached hydrogens (tertiary/aromatic N) is 3. The fraction of sp³-hybridized carbons (Fsp3) is 0.636. The Kier molecular flexibility index (Phi) is 4.57. The number of hydrogen-bond donors (Lipinski definition) is 2. The number of hydrogen-bond acceptors (Lipinski definition) is 5. The van der Waals surface area contributed by atoms with Crippen LogP contribution in [-0.2, 0) is 6.54 Å². The van der Waals surface area contributed by atoms with E-state index < -0.39 is 0 Å². The van der Waals surface area contributed by atoms with Crippen molar-refractivity contribution < 1.29 is 5.11 Å². The molecule has 2 N–H and O–H groups in total. The first-order valence-corrected chi connectivity index (χ1v) is 6.48. The Morgan fingerprint density at radius 2 is 2.11 bits per heavy atom. The Morgan fingerprint density at radius 1 is 1.39 bits per heavy atom. The fourth-order valence-corrected chi connectivity index (χ4v) is 2.16. The summed E-state index contributed by atoms with van der Waals surface area (Å²) >= 11 is 6.01. The van der Waals surface area contributed by atoms with Crippen molar-refractivity contribution in [3.05, 3.63) is 21.6 Å². The van der Waals surface area contributed by atoms with Gasteiger partial charge in [-0.15, -0.1) is 0 Å². The molecule has 1 aromatic heterocycles. The van der Waals surface area contributed by atoms with Gasteiger partial charge in [-0.25, -0.2) is 9.69 Å². The van der Waals surface area contributed by atoms with Gasteiger partial charge in [-0.3, -0.25) is 4.79 Å². The number of aliphatic hydroxyl groups excluding tert-OH is 1. The highest BCUT2D eigenvalue weighted by atomic mass is 35.5. The van der Waals surface area contributed by atoms with Gasteiger partial charge >= 0.3 is 0 Å². The molecule has 18 heavy (non-hydrogen) atoms. The van der Waals surface area contributed by atoms with Gasteiger partial charge in [0.05, 0.1) is 25.0 Å². The van der Waals surface area contributed by atoms with Crippen molar-refractivity contribution in [3.8, 4) is 0 Å². The molecule has 1 saturated heterocycles. The molecular weight excluding hydrogens is 256 g/mol. The van der Waals surface area contributed by atoms with E-state index in [0.717, 1.165) is 30.6 Å². The van der Waals surface area contributed by atoms with Crippen LogP contribution in [0.2, 0.25) is 5.02 Å². The predicted octanol–water partition coefficient (Wildman–Crippen LogP) is 0.702. The maximum atomic E-state index is 11.8. The van der Waals surface area contributed by atoms with Crippen LogP contribution in [0.15, 0.2) is 11.0 Å². The van der Waals surface area contributed by atoms with E-state index in [1.165, 1.54) is 12.6 Å². The standard InChI is InChI=1S/C11H17ClN4O2/c12-10-9(14-15-4-2-1-3-5-15)8-13-16(6-7-17)11(10)18/h8,14,17H,1-7H2. The van der Waals surface area contributed by atoms with Crippen molar-refractivity contribution in [3.63, 3.8) is 0 Å². The van der Waals surface area contributed by atoms with Crippen molar-refractivity contribution in [2.24, 2.45) is 0 Å². The molecule has 1 aromatic rings. The molecule has 0 bridgehead atoms. The normalized spacial score (nSPS) is 16.8. The summed E-state index contributed by atoms with van der Waals surface area (Å²) in [7, 11) is 0.